The molecule has 0 aromatic carbocycles. The highest BCUT2D eigenvalue weighted by Gasteiger charge is 2.19. The summed E-state index contributed by atoms with van der Waals surface area (Å²) in [6.07, 6.45) is 2.21. The van der Waals surface area contributed by atoms with E-state index in [1.807, 2.05) is 20.8 Å². The first kappa shape index (κ1) is 18.4. The molecule has 7 nitrogen and oxygen atoms in total. The van der Waals surface area contributed by atoms with Gasteiger partial charge < -0.3 is 10.4 Å². The number of rotatable bonds is 9. The number of unbranched alkanes of at least 4 members (excludes halogenated alkanes) is 1. The molecule has 3 amide bonds. The van der Waals surface area contributed by atoms with E-state index in [9.17, 15) is 14.4 Å². The zero-order valence-electron chi connectivity index (χ0n) is 12.4. The number of hydrogen-bond acceptors (Lipinski definition) is 4. The summed E-state index contributed by atoms with van der Waals surface area (Å²) in [5.41, 5.74) is 0. The number of carboxylic acids is 1. The van der Waals surface area contributed by atoms with Gasteiger partial charge in [-0.1, -0.05) is 27.2 Å². The van der Waals surface area contributed by atoms with Crippen LogP contribution in [0.2, 0.25) is 0 Å². The summed E-state index contributed by atoms with van der Waals surface area (Å²) in [6.45, 7) is 6.10. The Morgan fingerprint density at radius 1 is 1.20 bits per heavy atom. The van der Waals surface area contributed by atoms with Crippen molar-refractivity contribution in [3.8, 4) is 0 Å². The van der Waals surface area contributed by atoms with Gasteiger partial charge in [0.05, 0.1) is 6.54 Å². The fourth-order valence-electron chi connectivity index (χ4n) is 1.55. The summed E-state index contributed by atoms with van der Waals surface area (Å²) in [5.74, 6) is -1.35. The van der Waals surface area contributed by atoms with Gasteiger partial charge in [0.15, 0.2) is 0 Å². The molecule has 1 atom stereocenters. The average molecular weight is 287 g/mol. The molecular formula is C13H25N3O4. The molecule has 0 bridgehead atoms. The lowest BCUT2D eigenvalue weighted by molar-refractivity contribution is -0.140. The molecule has 0 aliphatic carbocycles. The van der Waals surface area contributed by atoms with Crippen molar-refractivity contribution in [2.24, 2.45) is 5.92 Å². The van der Waals surface area contributed by atoms with E-state index in [0.717, 1.165) is 12.8 Å². The summed E-state index contributed by atoms with van der Waals surface area (Å²) >= 11 is 0. The Morgan fingerprint density at radius 3 is 2.35 bits per heavy atom. The predicted molar refractivity (Wildman–Crippen MR) is 75.3 cm³/mol. The molecule has 20 heavy (non-hydrogen) atoms. The minimum Gasteiger partial charge on any atom is -0.480 e. The Hall–Kier alpha value is -1.63. The maximum Gasteiger partial charge on any atom is 0.321 e. The Bertz CT molecular complexity index is 332. The molecule has 116 valence electrons. The van der Waals surface area contributed by atoms with E-state index in [2.05, 4.69) is 16.0 Å². The topological polar surface area (TPSA) is 108 Å². The molecule has 0 heterocycles. The molecule has 0 radical (unpaired) electrons. The Balaban J connectivity index is 4.00. The van der Waals surface area contributed by atoms with Gasteiger partial charge in [0.25, 0.3) is 0 Å². The average Bonchev–Trinajstić information content (AvgIpc) is 2.34. The number of nitrogens with one attached hydrogen (secondary N) is 3. The molecular weight excluding hydrogens is 262 g/mol. The van der Waals surface area contributed by atoms with E-state index >= 15 is 0 Å². The van der Waals surface area contributed by atoms with E-state index in [1.54, 1.807) is 0 Å². The molecule has 0 saturated heterocycles. The van der Waals surface area contributed by atoms with Crippen LogP contribution in [0.1, 0.15) is 40.0 Å². The highest BCUT2D eigenvalue weighted by molar-refractivity contribution is 5.95. The number of amides is 3. The summed E-state index contributed by atoms with van der Waals surface area (Å²) in [7, 11) is 0. The van der Waals surface area contributed by atoms with E-state index in [1.165, 1.54) is 0 Å². The maximum absolute atomic E-state index is 11.5. The quantitative estimate of drug-likeness (QED) is 0.467. The second-order valence-electron chi connectivity index (χ2n) is 5.06. The Morgan fingerprint density at radius 2 is 1.85 bits per heavy atom. The van der Waals surface area contributed by atoms with E-state index in [0.29, 0.717) is 13.0 Å². The number of urea groups is 1. The molecule has 0 aliphatic rings. The van der Waals surface area contributed by atoms with Crippen LogP contribution in [0.25, 0.3) is 0 Å². The monoisotopic (exact) mass is 287 g/mol. The second-order valence-corrected chi connectivity index (χ2v) is 5.06. The van der Waals surface area contributed by atoms with Crippen LogP contribution in [0, 0.1) is 5.92 Å². The molecule has 0 fully saturated rings. The fraction of sp³-hybridized carbons (Fsp3) is 0.769. The highest BCUT2D eigenvalue weighted by Crippen LogP contribution is 2.04. The normalized spacial score (nSPS) is 12.0. The van der Waals surface area contributed by atoms with Crippen LogP contribution in [0.15, 0.2) is 0 Å². The van der Waals surface area contributed by atoms with Crippen molar-refractivity contribution in [1.82, 2.24) is 16.0 Å². The van der Waals surface area contributed by atoms with Gasteiger partial charge in [0.1, 0.15) is 6.04 Å². The molecule has 0 aromatic rings. The Kier molecular flexibility index (Phi) is 9.36. The van der Waals surface area contributed by atoms with Gasteiger partial charge in [-0.05, 0) is 18.8 Å². The van der Waals surface area contributed by atoms with Crippen molar-refractivity contribution in [3.05, 3.63) is 0 Å². The van der Waals surface area contributed by atoms with E-state index < -0.39 is 23.9 Å². The minimum atomic E-state index is -1.00. The van der Waals surface area contributed by atoms with Crippen molar-refractivity contribution < 1.29 is 19.5 Å². The van der Waals surface area contributed by atoms with Gasteiger partial charge in [0, 0.05) is 6.54 Å². The summed E-state index contributed by atoms with van der Waals surface area (Å²) in [4.78, 5) is 33.7. The third-order valence-corrected chi connectivity index (χ3v) is 2.58. The predicted octanol–water partition coefficient (Wildman–Crippen LogP) is 0.701. The van der Waals surface area contributed by atoms with Crippen LogP contribution in [0.4, 0.5) is 4.79 Å². The fourth-order valence-corrected chi connectivity index (χ4v) is 1.55. The van der Waals surface area contributed by atoms with Crippen LogP contribution in [0.3, 0.4) is 0 Å². The van der Waals surface area contributed by atoms with Crippen LogP contribution in [-0.4, -0.2) is 42.1 Å². The largest absolute Gasteiger partial charge is 0.480 e. The first-order chi connectivity index (χ1) is 9.36. The van der Waals surface area contributed by atoms with Gasteiger partial charge in [0.2, 0.25) is 5.91 Å². The molecule has 0 aromatic heterocycles. The number of carbonyl (C=O) groups is 3. The lowest BCUT2D eigenvalue weighted by atomic mass is 10.0. The van der Waals surface area contributed by atoms with Crippen molar-refractivity contribution in [2.75, 3.05) is 13.1 Å². The van der Waals surface area contributed by atoms with E-state index in [-0.39, 0.29) is 12.5 Å². The molecule has 0 spiro atoms. The standard InChI is InChI=1S/C13H25N3O4/c1-4-5-6-14-13(20)16-11(17)8-15-10(12(18)19)7-9(2)3/h9-10,15H,4-8H2,1-3H3,(H,18,19)(H2,14,16,17,20). The summed E-state index contributed by atoms with van der Waals surface area (Å²) < 4.78 is 0. The number of carbonyl (C=O) groups excluding carboxylic acids is 2. The van der Waals surface area contributed by atoms with Crippen molar-refractivity contribution in [3.63, 3.8) is 0 Å². The van der Waals surface area contributed by atoms with Crippen LogP contribution >= 0.6 is 0 Å². The van der Waals surface area contributed by atoms with Gasteiger partial charge >= 0.3 is 12.0 Å². The molecule has 7 heteroatoms. The Labute approximate surface area is 119 Å². The smallest absolute Gasteiger partial charge is 0.321 e. The van der Waals surface area contributed by atoms with Crippen molar-refractivity contribution in [2.45, 2.75) is 46.1 Å². The second kappa shape index (κ2) is 10.2. The lowest BCUT2D eigenvalue weighted by Gasteiger charge is -2.16. The van der Waals surface area contributed by atoms with Crippen LogP contribution < -0.4 is 16.0 Å². The zero-order valence-corrected chi connectivity index (χ0v) is 12.4. The number of imide groups is 1. The zero-order chi connectivity index (χ0) is 15.5. The summed E-state index contributed by atoms with van der Waals surface area (Å²) in [5, 5.41) is 16.3. The van der Waals surface area contributed by atoms with Crippen molar-refractivity contribution >= 4 is 17.9 Å². The first-order valence-corrected chi connectivity index (χ1v) is 6.90. The van der Waals surface area contributed by atoms with E-state index in [4.69, 9.17) is 5.11 Å². The van der Waals surface area contributed by atoms with Crippen LogP contribution in [-0.2, 0) is 9.59 Å². The first-order valence-electron chi connectivity index (χ1n) is 6.90. The minimum absolute atomic E-state index is 0.198. The van der Waals surface area contributed by atoms with Gasteiger partial charge in [-0.15, -0.1) is 0 Å². The summed E-state index contributed by atoms with van der Waals surface area (Å²) in [6, 6.07) is -1.34. The van der Waals surface area contributed by atoms with Gasteiger partial charge in [-0.25, -0.2) is 4.79 Å². The van der Waals surface area contributed by atoms with Gasteiger partial charge in [-0.3, -0.25) is 20.2 Å². The number of hydrogen-bond donors (Lipinski definition) is 4. The molecule has 0 saturated carbocycles. The number of aliphatic carboxylic acids is 1. The third-order valence-electron chi connectivity index (χ3n) is 2.58. The molecule has 0 rings (SSSR count). The van der Waals surface area contributed by atoms with Crippen molar-refractivity contribution in [1.29, 1.82) is 0 Å². The highest BCUT2D eigenvalue weighted by atomic mass is 16.4. The molecule has 0 aliphatic heterocycles. The SMILES string of the molecule is CCCCNC(=O)NC(=O)CNC(CC(C)C)C(=O)O. The van der Waals surface area contributed by atoms with Crippen LogP contribution in [0.5, 0.6) is 0 Å². The maximum atomic E-state index is 11.5. The van der Waals surface area contributed by atoms with Gasteiger partial charge in [-0.2, -0.15) is 0 Å². The molecule has 1 unspecified atom stereocenters. The lowest BCUT2D eigenvalue weighted by Crippen LogP contribution is -2.47. The third kappa shape index (κ3) is 9.32. The molecule has 4 N–H and O–H groups in total. The number of carboxylic acid groups (broad SMARTS) is 1.